The summed E-state index contributed by atoms with van der Waals surface area (Å²) in [5.74, 6) is -6.59. The normalized spacial score (nSPS) is 24.9. The molecule has 0 radical (unpaired) electrons. The molecule has 2 aliphatic carbocycles. The minimum absolute atomic E-state index is 0.0130. The van der Waals surface area contributed by atoms with Crippen molar-refractivity contribution in [1.29, 1.82) is 0 Å². The first-order valence-corrected chi connectivity index (χ1v) is 13.7. The molecule has 1 saturated heterocycles. The van der Waals surface area contributed by atoms with Crippen LogP contribution in [0.4, 0.5) is 22.4 Å². The molecule has 1 aliphatic heterocycles. The lowest BCUT2D eigenvalue weighted by molar-refractivity contribution is -0.0509. The first-order chi connectivity index (χ1) is 19.9. The van der Waals surface area contributed by atoms with E-state index in [-0.39, 0.29) is 42.4 Å². The number of carbonyl (C=O) groups is 2. The Balaban J connectivity index is 1.34. The van der Waals surface area contributed by atoms with Gasteiger partial charge in [-0.15, -0.1) is 0 Å². The van der Waals surface area contributed by atoms with Gasteiger partial charge in [-0.25, -0.2) is 36.5 Å². The van der Waals surface area contributed by atoms with Crippen molar-refractivity contribution in [2.75, 3.05) is 26.8 Å². The van der Waals surface area contributed by atoms with E-state index in [1.165, 1.54) is 24.0 Å². The molecule has 42 heavy (non-hydrogen) atoms. The van der Waals surface area contributed by atoms with Gasteiger partial charge in [0.15, 0.2) is 11.3 Å². The van der Waals surface area contributed by atoms with E-state index in [0.29, 0.717) is 11.3 Å². The van der Waals surface area contributed by atoms with E-state index in [0.717, 1.165) is 17.7 Å². The van der Waals surface area contributed by atoms with Crippen molar-refractivity contribution in [2.24, 2.45) is 5.41 Å². The van der Waals surface area contributed by atoms with E-state index in [2.05, 4.69) is 31.0 Å². The topological polar surface area (TPSA) is 140 Å². The highest BCUT2D eigenvalue weighted by molar-refractivity contribution is 5.93. The lowest BCUT2D eigenvalue weighted by atomic mass is 9.79. The van der Waals surface area contributed by atoms with E-state index in [1.54, 1.807) is 13.0 Å². The van der Waals surface area contributed by atoms with Crippen LogP contribution >= 0.6 is 0 Å². The molecule has 6 rings (SSSR count). The zero-order valence-electron chi connectivity index (χ0n) is 22.9. The van der Waals surface area contributed by atoms with Crippen LogP contribution in [0.5, 0.6) is 0 Å². The van der Waals surface area contributed by atoms with Crippen molar-refractivity contribution in [1.82, 2.24) is 40.4 Å². The number of aromatic nitrogens is 5. The monoisotopic (exact) mass is 594 g/mol. The number of nitrogens with zero attached hydrogens (tertiary/aromatic N) is 6. The fourth-order valence-electron chi connectivity index (χ4n) is 5.96. The molecule has 0 bridgehead atoms. The summed E-state index contributed by atoms with van der Waals surface area (Å²) < 4.78 is 68.8. The number of hydrogen-bond acceptors (Lipinski definition) is 8. The molecule has 2 N–H and O–H groups in total. The second kappa shape index (κ2) is 10.2. The molecule has 3 amide bonds. The number of carbonyl (C=O) groups excluding carboxylic acids is 2. The number of nitrogens with one attached hydrogen (secondary N) is 2. The van der Waals surface area contributed by atoms with Crippen molar-refractivity contribution in [3.05, 3.63) is 41.1 Å². The lowest BCUT2D eigenvalue weighted by Gasteiger charge is -2.38. The van der Waals surface area contributed by atoms with Gasteiger partial charge in [0, 0.05) is 31.4 Å². The molecular weight excluding hydrogens is 564 g/mol. The molecular formula is C26H30F4N8O4. The number of hydrogen-bond donors (Lipinski definition) is 2. The molecule has 4 heterocycles. The van der Waals surface area contributed by atoms with Crippen molar-refractivity contribution in [3.8, 4) is 0 Å². The van der Waals surface area contributed by atoms with Crippen LogP contribution in [-0.2, 0) is 4.74 Å². The third kappa shape index (κ3) is 5.39. The molecule has 2 saturated carbocycles. The SMILES string of the molecule is COC[C@H](c1cnn2cc([C@H](NC(=O)c3nonc3C3CC3)C3(C)CCC(F)(F)C3)nc2c1)N1CC(F)(F)CNC1=O. The number of amides is 3. The van der Waals surface area contributed by atoms with Gasteiger partial charge >= 0.3 is 6.03 Å². The van der Waals surface area contributed by atoms with Crippen LogP contribution < -0.4 is 10.6 Å². The van der Waals surface area contributed by atoms with Gasteiger partial charge in [0.25, 0.3) is 11.8 Å². The standard InChI is InChI=1S/C26H30F4N8O4/c1-24(5-6-25(27,28)11-24)21(34-22(39)20-19(14-3-4-14)35-42-36-20)16-9-38-18(33-16)7-15(8-32-38)17(10-41-2)37-13-26(29,30)12-31-23(37)40/h7-9,14,17,21H,3-6,10-13H2,1-2H3,(H,31,40)(H,34,39)/t17-,21+,24?/m1/s1. The van der Waals surface area contributed by atoms with Gasteiger partial charge in [-0.05, 0) is 35.9 Å². The molecule has 226 valence electrons. The number of rotatable bonds is 9. The summed E-state index contributed by atoms with van der Waals surface area (Å²) in [5, 5.41) is 17.0. The van der Waals surface area contributed by atoms with Crippen LogP contribution in [0.25, 0.3) is 5.65 Å². The summed E-state index contributed by atoms with van der Waals surface area (Å²) in [6.07, 6.45) is 3.94. The highest BCUT2D eigenvalue weighted by Crippen LogP contribution is 2.53. The minimum atomic E-state index is -3.14. The molecule has 3 aromatic heterocycles. The van der Waals surface area contributed by atoms with Gasteiger partial charge < -0.3 is 20.3 Å². The zero-order valence-corrected chi connectivity index (χ0v) is 22.9. The summed E-state index contributed by atoms with van der Waals surface area (Å²) >= 11 is 0. The van der Waals surface area contributed by atoms with Gasteiger partial charge in [0.2, 0.25) is 5.92 Å². The first-order valence-electron chi connectivity index (χ1n) is 13.7. The number of fused-ring (bicyclic) bond motifs is 1. The second-order valence-electron chi connectivity index (χ2n) is 11.7. The minimum Gasteiger partial charge on any atom is -0.382 e. The largest absolute Gasteiger partial charge is 0.382 e. The lowest BCUT2D eigenvalue weighted by Crippen LogP contribution is -2.58. The molecule has 3 aliphatic rings. The summed E-state index contributed by atoms with van der Waals surface area (Å²) in [7, 11) is 1.39. The maximum Gasteiger partial charge on any atom is 0.318 e. The van der Waals surface area contributed by atoms with Gasteiger partial charge in [0.1, 0.15) is 5.69 Å². The molecule has 3 aromatic rings. The number of methoxy groups -OCH3 is 1. The third-order valence-electron chi connectivity index (χ3n) is 8.29. The van der Waals surface area contributed by atoms with Crippen LogP contribution in [0.3, 0.4) is 0 Å². The molecule has 1 unspecified atom stereocenters. The van der Waals surface area contributed by atoms with E-state index in [1.807, 2.05) is 0 Å². The van der Waals surface area contributed by atoms with E-state index in [4.69, 9.17) is 9.37 Å². The predicted molar refractivity (Wildman–Crippen MR) is 136 cm³/mol. The fraction of sp³-hybridized carbons (Fsp3) is 0.615. The quantitative estimate of drug-likeness (QED) is 0.358. The molecule has 0 spiro atoms. The Hall–Kier alpha value is -3.82. The van der Waals surface area contributed by atoms with Crippen LogP contribution in [0.2, 0.25) is 0 Å². The Labute approximate surface area is 237 Å². The highest BCUT2D eigenvalue weighted by Gasteiger charge is 2.52. The summed E-state index contributed by atoms with van der Waals surface area (Å²) in [6.45, 7) is 0.0166. The average Bonchev–Trinajstić information content (AvgIpc) is 3.36. The molecule has 0 aromatic carbocycles. The smallest absolute Gasteiger partial charge is 0.318 e. The number of halogens is 4. The van der Waals surface area contributed by atoms with Crippen molar-refractivity contribution >= 4 is 17.6 Å². The van der Waals surface area contributed by atoms with Gasteiger partial charge in [0.05, 0.1) is 49.9 Å². The van der Waals surface area contributed by atoms with E-state index < -0.39 is 60.8 Å². The number of alkyl halides is 4. The van der Waals surface area contributed by atoms with Crippen molar-refractivity contribution < 1.29 is 36.5 Å². The maximum absolute atomic E-state index is 14.5. The van der Waals surface area contributed by atoms with Crippen molar-refractivity contribution in [2.45, 2.75) is 68.9 Å². The molecule has 3 fully saturated rings. The average molecular weight is 595 g/mol. The first kappa shape index (κ1) is 28.3. The Morgan fingerprint density at radius 1 is 1.24 bits per heavy atom. The van der Waals surface area contributed by atoms with E-state index >= 15 is 0 Å². The number of imidazole rings is 1. The van der Waals surface area contributed by atoms with Gasteiger partial charge in [-0.2, -0.15) is 5.10 Å². The van der Waals surface area contributed by atoms with Crippen LogP contribution in [0.15, 0.2) is 23.1 Å². The van der Waals surface area contributed by atoms with Crippen LogP contribution in [0, 0.1) is 5.41 Å². The summed E-state index contributed by atoms with van der Waals surface area (Å²) in [5.41, 5.74) is 0.319. The highest BCUT2D eigenvalue weighted by atomic mass is 19.3. The molecule has 12 nitrogen and oxygen atoms in total. The predicted octanol–water partition coefficient (Wildman–Crippen LogP) is 3.63. The van der Waals surface area contributed by atoms with Gasteiger partial charge in [-0.3, -0.25) is 4.79 Å². The maximum atomic E-state index is 14.5. The Bertz CT molecular complexity index is 1510. The van der Waals surface area contributed by atoms with Crippen molar-refractivity contribution in [3.63, 3.8) is 0 Å². The molecule has 3 atom stereocenters. The Kier molecular flexibility index (Phi) is 6.85. The summed E-state index contributed by atoms with van der Waals surface area (Å²) in [4.78, 5) is 31.5. The van der Waals surface area contributed by atoms with Gasteiger partial charge in [-0.1, -0.05) is 12.1 Å². The third-order valence-corrected chi connectivity index (χ3v) is 8.29. The Morgan fingerprint density at radius 2 is 2.02 bits per heavy atom. The fourth-order valence-corrected chi connectivity index (χ4v) is 5.96. The number of ether oxygens (including phenoxy) is 1. The van der Waals surface area contributed by atoms with Crippen LogP contribution in [-0.4, -0.2) is 80.4 Å². The van der Waals surface area contributed by atoms with Crippen LogP contribution in [0.1, 0.15) is 84.5 Å². The number of urea groups is 1. The Morgan fingerprint density at radius 3 is 2.71 bits per heavy atom. The zero-order chi connectivity index (χ0) is 29.9. The second-order valence-corrected chi connectivity index (χ2v) is 11.7. The molecule has 16 heteroatoms. The summed E-state index contributed by atoms with van der Waals surface area (Å²) in [6, 6.07) is -0.954. The van der Waals surface area contributed by atoms with E-state index in [9.17, 15) is 27.2 Å².